The predicted molar refractivity (Wildman–Crippen MR) is 44.0 cm³/mol. The zero-order valence-electron chi connectivity index (χ0n) is 6.11. The van der Waals surface area contributed by atoms with E-state index in [0.29, 0.717) is 5.52 Å². The number of H-pyrrole nitrogens is 1. The molecule has 0 saturated heterocycles. The molecule has 0 spiro atoms. The molecule has 0 bridgehead atoms. The fraction of sp³-hybridized carbons (Fsp3) is 0. The topological polar surface area (TPSA) is 66.0 Å². The van der Waals surface area contributed by atoms with Crippen molar-refractivity contribution in [1.29, 1.82) is 0 Å². The van der Waals surface area contributed by atoms with Gasteiger partial charge in [-0.05, 0) is 12.1 Å². The van der Waals surface area contributed by atoms with Crippen molar-refractivity contribution in [3.63, 3.8) is 0 Å². The van der Waals surface area contributed by atoms with Crippen LogP contribution in [0.5, 0.6) is 5.75 Å². The number of pyridine rings is 2. The molecule has 4 nitrogen and oxygen atoms in total. The minimum atomic E-state index is -0.478. The minimum absolute atomic E-state index is 0.282. The van der Waals surface area contributed by atoms with E-state index in [0.717, 1.165) is 5.39 Å². The third-order valence-electron chi connectivity index (χ3n) is 1.62. The van der Waals surface area contributed by atoms with E-state index in [2.05, 4.69) is 9.97 Å². The summed E-state index contributed by atoms with van der Waals surface area (Å²) in [6.07, 6.45) is 3.15. The van der Waals surface area contributed by atoms with E-state index in [-0.39, 0.29) is 5.75 Å². The summed E-state index contributed by atoms with van der Waals surface area (Å²) in [5, 5.41) is 9.76. The van der Waals surface area contributed by atoms with E-state index < -0.39 is 5.56 Å². The maximum atomic E-state index is 10.9. The van der Waals surface area contributed by atoms with Crippen molar-refractivity contribution in [2.45, 2.75) is 0 Å². The van der Waals surface area contributed by atoms with Gasteiger partial charge in [-0.25, -0.2) is 0 Å². The molecular formula is C8H6N2O2. The van der Waals surface area contributed by atoms with Crippen LogP contribution in [-0.4, -0.2) is 15.1 Å². The SMILES string of the molecule is O=c1[nH]c2ccncc2cc1O. The van der Waals surface area contributed by atoms with Crippen LogP contribution in [0.25, 0.3) is 10.9 Å². The molecule has 2 N–H and O–H groups in total. The lowest BCUT2D eigenvalue weighted by atomic mass is 10.3. The highest BCUT2D eigenvalue weighted by molar-refractivity contribution is 5.78. The average molecular weight is 162 g/mol. The number of fused-ring (bicyclic) bond motifs is 1. The van der Waals surface area contributed by atoms with Crippen molar-refractivity contribution in [2.75, 3.05) is 0 Å². The second-order valence-electron chi connectivity index (χ2n) is 2.45. The van der Waals surface area contributed by atoms with Gasteiger partial charge in [0.05, 0.1) is 5.52 Å². The van der Waals surface area contributed by atoms with Gasteiger partial charge in [-0.1, -0.05) is 0 Å². The third kappa shape index (κ3) is 0.934. The van der Waals surface area contributed by atoms with Gasteiger partial charge in [-0.15, -0.1) is 0 Å². The fourth-order valence-electron chi connectivity index (χ4n) is 1.03. The Hall–Kier alpha value is -1.84. The first-order valence-electron chi connectivity index (χ1n) is 3.43. The van der Waals surface area contributed by atoms with Gasteiger partial charge in [0.25, 0.3) is 5.56 Å². The van der Waals surface area contributed by atoms with Crippen molar-refractivity contribution in [3.05, 3.63) is 34.9 Å². The number of hydrogen-bond acceptors (Lipinski definition) is 3. The van der Waals surface area contributed by atoms with Crippen LogP contribution in [0.2, 0.25) is 0 Å². The Morgan fingerprint density at radius 1 is 1.50 bits per heavy atom. The van der Waals surface area contributed by atoms with Crippen molar-refractivity contribution >= 4 is 10.9 Å². The summed E-state index contributed by atoms with van der Waals surface area (Å²) in [6, 6.07) is 3.07. The van der Waals surface area contributed by atoms with Crippen LogP contribution in [0.3, 0.4) is 0 Å². The van der Waals surface area contributed by atoms with Crippen molar-refractivity contribution in [2.24, 2.45) is 0 Å². The molecule has 0 radical (unpaired) electrons. The van der Waals surface area contributed by atoms with E-state index in [9.17, 15) is 4.79 Å². The Morgan fingerprint density at radius 2 is 2.33 bits per heavy atom. The van der Waals surface area contributed by atoms with E-state index in [1.807, 2.05) is 0 Å². The van der Waals surface area contributed by atoms with Crippen LogP contribution in [0, 0.1) is 0 Å². The van der Waals surface area contributed by atoms with Crippen LogP contribution in [-0.2, 0) is 0 Å². The number of aromatic nitrogens is 2. The summed E-state index contributed by atoms with van der Waals surface area (Å²) in [7, 11) is 0. The summed E-state index contributed by atoms with van der Waals surface area (Å²) in [5.41, 5.74) is 0.196. The van der Waals surface area contributed by atoms with Crippen molar-refractivity contribution < 1.29 is 5.11 Å². The Kier molecular flexibility index (Phi) is 1.33. The van der Waals surface area contributed by atoms with Crippen LogP contribution < -0.4 is 5.56 Å². The number of hydrogen-bond donors (Lipinski definition) is 2. The Bertz CT molecular complexity index is 476. The van der Waals surface area contributed by atoms with Crippen LogP contribution in [0.4, 0.5) is 0 Å². The van der Waals surface area contributed by atoms with E-state index in [1.165, 1.54) is 6.07 Å². The molecule has 0 unspecified atom stereocenters. The molecule has 0 saturated carbocycles. The molecule has 0 atom stereocenters. The maximum absolute atomic E-state index is 10.9. The van der Waals surface area contributed by atoms with Gasteiger partial charge in [0.2, 0.25) is 0 Å². The summed E-state index contributed by atoms with van der Waals surface area (Å²) in [5.74, 6) is -0.282. The Balaban J connectivity index is 2.93. The molecular weight excluding hydrogens is 156 g/mol. The smallest absolute Gasteiger partial charge is 0.290 e. The molecule has 0 fully saturated rings. The lowest BCUT2D eigenvalue weighted by molar-refractivity contribution is 0.468. The molecule has 0 amide bonds. The highest BCUT2D eigenvalue weighted by atomic mass is 16.3. The first-order chi connectivity index (χ1) is 5.77. The maximum Gasteiger partial charge on any atom is 0.290 e. The predicted octanol–water partition coefficient (Wildman–Crippen LogP) is 0.629. The monoisotopic (exact) mass is 162 g/mol. The lowest BCUT2D eigenvalue weighted by Crippen LogP contribution is -2.03. The molecule has 2 heterocycles. The summed E-state index contributed by atoms with van der Waals surface area (Å²) in [4.78, 5) is 17.3. The number of nitrogens with zero attached hydrogens (tertiary/aromatic N) is 1. The van der Waals surface area contributed by atoms with Gasteiger partial charge >= 0.3 is 0 Å². The number of aromatic hydroxyl groups is 1. The molecule has 4 heteroatoms. The quantitative estimate of drug-likeness (QED) is 0.597. The molecule has 0 aliphatic rings. The molecule has 0 aliphatic carbocycles. The lowest BCUT2D eigenvalue weighted by Gasteiger charge is -1.95. The fourth-order valence-corrected chi connectivity index (χ4v) is 1.03. The molecule has 2 rings (SSSR count). The van der Waals surface area contributed by atoms with Gasteiger partial charge < -0.3 is 10.1 Å². The molecule has 2 aromatic heterocycles. The van der Waals surface area contributed by atoms with E-state index >= 15 is 0 Å². The van der Waals surface area contributed by atoms with Gasteiger partial charge in [0.1, 0.15) is 0 Å². The second kappa shape index (κ2) is 2.34. The molecule has 12 heavy (non-hydrogen) atoms. The zero-order valence-corrected chi connectivity index (χ0v) is 6.11. The Morgan fingerprint density at radius 3 is 3.17 bits per heavy atom. The molecule has 2 aromatic rings. The van der Waals surface area contributed by atoms with Gasteiger partial charge in [0, 0.05) is 17.8 Å². The standard InChI is InChI=1S/C8H6N2O2/c11-7-3-5-4-9-2-1-6(5)10-8(7)12/h1-4,11H,(H,10,12). The summed E-state index contributed by atoms with van der Waals surface area (Å²) < 4.78 is 0. The zero-order chi connectivity index (χ0) is 8.55. The summed E-state index contributed by atoms with van der Waals surface area (Å²) >= 11 is 0. The van der Waals surface area contributed by atoms with Crippen molar-refractivity contribution in [3.8, 4) is 5.75 Å². The largest absolute Gasteiger partial charge is 0.503 e. The Labute approximate surface area is 67.5 Å². The van der Waals surface area contributed by atoms with Gasteiger partial charge in [-0.2, -0.15) is 0 Å². The molecule has 60 valence electrons. The first-order valence-corrected chi connectivity index (χ1v) is 3.43. The number of aromatic amines is 1. The third-order valence-corrected chi connectivity index (χ3v) is 1.62. The minimum Gasteiger partial charge on any atom is -0.503 e. The number of rotatable bonds is 0. The van der Waals surface area contributed by atoms with Crippen LogP contribution in [0.1, 0.15) is 0 Å². The summed E-state index contributed by atoms with van der Waals surface area (Å²) in [6.45, 7) is 0. The van der Waals surface area contributed by atoms with Crippen LogP contribution >= 0.6 is 0 Å². The van der Waals surface area contributed by atoms with E-state index in [4.69, 9.17) is 5.11 Å². The van der Waals surface area contributed by atoms with Gasteiger partial charge in [0.15, 0.2) is 5.75 Å². The molecule has 0 aromatic carbocycles. The number of nitrogens with one attached hydrogen (secondary N) is 1. The highest BCUT2D eigenvalue weighted by Gasteiger charge is 1.98. The second-order valence-corrected chi connectivity index (χ2v) is 2.45. The van der Waals surface area contributed by atoms with E-state index in [1.54, 1.807) is 18.5 Å². The average Bonchev–Trinajstić information content (AvgIpc) is 2.07. The van der Waals surface area contributed by atoms with Crippen LogP contribution in [0.15, 0.2) is 29.3 Å². The van der Waals surface area contributed by atoms with Crippen molar-refractivity contribution in [1.82, 2.24) is 9.97 Å². The first kappa shape index (κ1) is 6.84. The molecule has 0 aliphatic heterocycles. The van der Waals surface area contributed by atoms with Gasteiger partial charge in [-0.3, -0.25) is 9.78 Å². The highest BCUT2D eigenvalue weighted by Crippen LogP contribution is 2.10. The normalized spacial score (nSPS) is 10.3.